The lowest BCUT2D eigenvalue weighted by molar-refractivity contribution is 0.414. The average molecular weight is 272 g/mol. The third kappa shape index (κ3) is 2.70. The van der Waals surface area contributed by atoms with E-state index in [2.05, 4.69) is 10.1 Å². The highest BCUT2D eigenvalue weighted by Crippen LogP contribution is 2.24. The Morgan fingerprint density at radius 2 is 2.18 bits per heavy atom. The van der Waals surface area contributed by atoms with Crippen molar-refractivity contribution >= 4 is 23.2 Å². The molecular weight excluding hydrogens is 261 g/mol. The van der Waals surface area contributed by atoms with Gasteiger partial charge in [-0.3, -0.25) is 0 Å². The molecule has 0 saturated heterocycles. The van der Waals surface area contributed by atoms with Crippen molar-refractivity contribution < 1.29 is 4.74 Å². The summed E-state index contributed by atoms with van der Waals surface area (Å²) >= 11 is 11.6. The maximum Gasteiger partial charge on any atom is 0.221 e. The number of hydrogen-bond donors (Lipinski definition) is 0. The molecule has 0 saturated carbocycles. The number of pyridine rings is 1. The number of alkyl halides is 1. The molecule has 0 radical (unpaired) electrons. The van der Waals surface area contributed by atoms with Crippen LogP contribution in [0.15, 0.2) is 18.2 Å². The molecule has 0 bridgehead atoms. The van der Waals surface area contributed by atoms with Crippen LogP contribution in [-0.4, -0.2) is 14.8 Å². The minimum Gasteiger partial charge on any atom is -0.421 e. The second kappa shape index (κ2) is 4.94. The van der Waals surface area contributed by atoms with Crippen molar-refractivity contribution in [3.8, 4) is 11.8 Å². The topological polar surface area (TPSA) is 39.9 Å². The monoisotopic (exact) mass is 271 g/mol. The molecule has 2 aromatic rings. The van der Waals surface area contributed by atoms with Crippen LogP contribution in [0, 0.1) is 6.92 Å². The Labute approximate surface area is 109 Å². The van der Waals surface area contributed by atoms with E-state index in [1.54, 1.807) is 23.9 Å². The van der Waals surface area contributed by atoms with Gasteiger partial charge < -0.3 is 4.74 Å². The Kier molecular flexibility index (Phi) is 3.54. The molecule has 4 nitrogen and oxygen atoms in total. The van der Waals surface area contributed by atoms with Crippen LogP contribution in [0.1, 0.15) is 11.4 Å². The molecule has 6 heteroatoms. The Hall–Kier alpha value is -1.26. The molecule has 2 heterocycles. The first-order valence-electron chi connectivity index (χ1n) is 5.00. The van der Waals surface area contributed by atoms with E-state index in [0.717, 1.165) is 5.69 Å². The Morgan fingerprint density at radius 1 is 1.41 bits per heavy atom. The number of halogens is 2. The third-order valence-electron chi connectivity index (χ3n) is 2.19. The van der Waals surface area contributed by atoms with Crippen LogP contribution in [0.2, 0.25) is 5.02 Å². The molecule has 0 aliphatic heterocycles. The quantitative estimate of drug-likeness (QED) is 0.805. The van der Waals surface area contributed by atoms with Crippen molar-refractivity contribution in [3.05, 3.63) is 34.6 Å². The molecule has 0 atom stereocenters. The van der Waals surface area contributed by atoms with Crippen LogP contribution in [0.4, 0.5) is 0 Å². The van der Waals surface area contributed by atoms with Crippen LogP contribution >= 0.6 is 23.2 Å². The molecule has 2 rings (SSSR count). The van der Waals surface area contributed by atoms with Crippen molar-refractivity contribution in [1.82, 2.24) is 14.8 Å². The minimum atomic E-state index is 0.250. The van der Waals surface area contributed by atoms with Gasteiger partial charge in [0.2, 0.25) is 11.8 Å². The van der Waals surface area contributed by atoms with E-state index in [-0.39, 0.29) is 5.88 Å². The van der Waals surface area contributed by atoms with Gasteiger partial charge in [-0.25, -0.2) is 9.67 Å². The smallest absolute Gasteiger partial charge is 0.221 e. The molecule has 0 fully saturated rings. The maximum absolute atomic E-state index is 5.91. The molecule has 0 amide bonds. The number of ether oxygens (including phenoxy) is 1. The first-order valence-corrected chi connectivity index (χ1v) is 5.91. The van der Waals surface area contributed by atoms with Crippen LogP contribution in [0.3, 0.4) is 0 Å². The first-order chi connectivity index (χ1) is 8.10. The number of nitrogens with zero attached hydrogens (tertiary/aromatic N) is 3. The highest BCUT2D eigenvalue weighted by molar-refractivity contribution is 6.32. The molecular formula is C11H11Cl2N3O. The van der Waals surface area contributed by atoms with Gasteiger partial charge in [0.05, 0.1) is 22.3 Å². The van der Waals surface area contributed by atoms with Crippen LogP contribution in [0.25, 0.3) is 0 Å². The second-order valence-electron chi connectivity index (χ2n) is 3.56. The fourth-order valence-electron chi connectivity index (χ4n) is 1.40. The number of rotatable bonds is 3. The van der Waals surface area contributed by atoms with E-state index in [1.165, 1.54) is 0 Å². The van der Waals surface area contributed by atoms with Crippen molar-refractivity contribution in [3.63, 3.8) is 0 Å². The molecule has 0 aliphatic rings. The fourth-order valence-corrected chi connectivity index (χ4v) is 1.85. The standard InChI is InChI=1S/C11H11Cl2N3O/c1-7-5-11(16(2)15-7)17-10-4-3-8(13)9(6-12)14-10/h3-5H,6H2,1-2H3. The number of aryl methyl sites for hydroxylation is 2. The predicted molar refractivity (Wildman–Crippen MR) is 66.8 cm³/mol. The van der Waals surface area contributed by atoms with Gasteiger partial charge in [-0.05, 0) is 13.0 Å². The highest BCUT2D eigenvalue weighted by Gasteiger charge is 2.08. The summed E-state index contributed by atoms with van der Waals surface area (Å²) in [5.41, 5.74) is 1.48. The van der Waals surface area contributed by atoms with Crippen molar-refractivity contribution in [2.24, 2.45) is 7.05 Å². The van der Waals surface area contributed by atoms with Gasteiger partial charge >= 0.3 is 0 Å². The SMILES string of the molecule is Cc1cc(Oc2ccc(Cl)c(CCl)n2)n(C)n1. The van der Waals surface area contributed by atoms with Crippen LogP contribution < -0.4 is 4.74 Å². The Bertz CT molecular complexity index is 540. The van der Waals surface area contributed by atoms with Gasteiger partial charge in [0.15, 0.2) is 0 Å². The van der Waals surface area contributed by atoms with E-state index in [4.69, 9.17) is 27.9 Å². The fraction of sp³-hybridized carbons (Fsp3) is 0.273. The highest BCUT2D eigenvalue weighted by atomic mass is 35.5. The zero-order valence-electron chi connectivity index (χ0n) is 9.44. The van der Waals surface area contributed by atoms with E-state index in [9.17, 15) is 0 Å². The number of hydrogen-bond acceptors (Lipinski definition) is 3. The zero-order valence-corrected chi connectivity index (χ0v) is 11.0. The van der Waals surface area contributed by atoms with Crippen molar-refractivity contribution in [2.75, 3.05) is 0 Å². The maximum atomic E-state index is 5.91. The van der Waals surface area contributed by atoms with Crippen molar-refractivity contribution in [1.29, 1.82) is 0 Å². The summed E-state index contributed by atoms with van der Waals surface area (Å²) in [6, 6.07) is 5.24. The number of aromatic nitrogens is 3. The van der Waals surface area contributed by atoms with Gasteiger partial charge in [0.1, 0.15) is 0 Å². The lowest BCUT2D eigenvalue weighted by atomic mass is 10.4. The molecule has 0 aliphatic carbocycles. The molecule has 0 aromatic carbocycles. The minimum absolute atomic E-state index is 0.250. The lowest BCUT2D eigenvalue weighted by Gasteiger charge is -2.06. The summed E-state index contributed by atoms with van der Waals surface area (Å²) in [6.07, 6.45) is 0. The third-order valence-corrected chi connectivity index (χ3v) is 2.79. The van der Waals surface area contributed by atoms with Crippen LogP contribution in [-0.2, 0) is 12.9 Å². The van der Waals surface area contributed by atoms with E-state index < -0.39 is 0 Å². The molecule has 0 spiro atoms. The van der Waals surface area contributed by atoms with Gasteiger partial charge in [-0.2, -0.15) is 5.10 Å². The summed E-state index contributed by atoms with van der Waals surface area (Å²) in [5.74, 6) is 1.33. The summed E-state index contributed by atoms with van der Waals surface area (Å²) in [6.45, 7) is 1.90. The molecule has 0 unspecified atom stereocenters. The summed E-state index contributed by atoms with van der Waals surface area (Å²) in [7, 11) is 1.81. The Balaban J connectivity index is 2.27. The van der Waals surface area contributed by atoms with Gasteiger partial charge in [0, 0.05) is 19.2 Å². The zero-order chi connectivity index (χ0) is 12.4. The van der Waals surface area contributed by atoms with Gasteiger partial charge in [0.25, 0.3) is 0 Å². The van der Waals surface area contributed by atoms with Gasteiger partial charge in [-0.1, -0.05) is 11.6 Å². The van der Waals surface area contributed by atoms with E-state index in [0.29, 0.717) is 22.5 Å². The predicted octanol–water partition coefficient (Wildman–Crippen LogP) is 3.31. The van der Waals surface area contributed by atoms with Crippen molar-refractivity contribution in [2.45, 2.75) is 12.8 Å². The Morgan fingerprint density at radius 3 is 2.76 bits per heavy atom. The van der Waals surface area contributed by atoms with E-state index >= 15 is 0 Å². The van der Waals surface area contributed by atoms with Gasteiger partial charge in [-0.15, -0.1) is 11.6 Å². The normalized spacial score (nSPS) is 10.6. The molecule has 17 heavy (non-hydrogen) atoms. The van der Waals surface area contributed by atoms with E-state index in [1.807, 2.05) is 13.0 Å². The average Bonchev–Trinajstić information content (AvgIpc) is 2.60. The molecule has 2 aromatic heterocycles. The summed E-state index contributed by atoms with van der Waals surface area (Å²) in [5, 5.41) is 4.71. The molecule has 0 N–H and O–H groups in total. The summed E-state index contributed by atoms with van der Waals surface area (Å²) in [4.78, 5) is 4.21. The first kappa shape index (κ1) is 12.2. The molecule has 90 valence electrons. The second-order valence-corrected chi connectivity index (χ2v) is 4.24. The summed E-state index contributed by atoms with van der Waals surface area (Å²) < 4.78 is 7.24. The van der Waals surface area contributed by atoms with Crippen LogP contribution in [0.5, 0.6) is 11.8 Å². The largest absolute Gasteiger partial charge is 0.421 e. The lowest BCUT2D eigenvalue weighted by Crippen LogP contribution is -1.97.